The van der Waals surface area contributed by atoms with Crippen LogP contribution in [0.5, 0.6) is 11.5 Å². The zero-order valence-electron chi connectivity index (χ0n) is 13.6. The molecule has 0 saturated carbocycles. The van der Waals surface area contributed by atoms with E-state index in [4.69, 9.17) is 15.3 Å². The van der Waals surface area contributed by atoms with Gasteiger partial charge in [0.2, 0.25) is 0 Å². The molecule has 0 aliphatic carbocycles. The predicted molar refractivity (Wildman–Crippen MR) is 86.8 cm³/mol. The number of carbonyl (C=O) groups is 1. The first-order chi connectivity index (χ1) is 12.4. The molecular weight excluding hydrogens is 353 g/mol. The van der Waals surface area contributed by atoms with Crippen LogP contribution in [-0.2, 0) is 4.84 Å². The third-order valence-corrected chi connectivity index (χ3v) is 3.06. The second-order valence-electron chi connectivity index (χ2n) is 4.84. The van der Waals surface area contributed by atoms with Crippen LogP contribution in [0.2, 0.25) is 0 Å². The van der Waals surface area contributed by atoms with Crippen LogP contribution in [0.1, 0.15) is 22.8 Å². The fourth-order valence-corrected chi connectivity index (χ4v) is 1.91. The molecule has 0 amide bonds. The van der Waals surface area contributed by atoms with Crippen LogP contribution in [-0.4, -0.2) is 25.0 Å². The highest BCUT2D eigenvalue weighted by Gasteiger charge is 2.16. The highest BCUT2D eigenvalue weighted by Crippen LogP contribution is 2.30. The Morgan fingerprint density at radius 3 is 2.38 bits per heavy atom. The lowest BCUT2D eigenvalue weighted by atomic mass is 10.2. The van der Waals surface area contributed by atoms with Crippen molar-refractivity contribution in [2.75, 3.05) is 6.61 Å². The maximum atomic E-state index is 12.9. The van der Waals surface area contributed by atoms with Gasteiger partial charge in [0.15, 0.2) is 17.3 Å². The lowest BCUT2D eigenvalue weighted by molar-refractivity contribution is -0.0514. The molecule has 0 fully saturated rings. The van der Waals surface area contributed by atoms with E-state index in [0.29, 0.717) is 5.56 Å². The topological polar surface area (TPSA) is 83.1 Å². The van der Waals surface area contributed by atoms with Crippen LogP contribution >= 0.6 is 0 Å². The Labute approximate surface area is 147 Å². The van der Waals surface area contributed by atoms with Gasteiger partial charge in [-0.2, -0.15) is 8.78 Å². The number of ether oxygens (including phenoxy) is 2. The standard InChI is InChI=1S/C17H15F3N2O4/c1-2-24-14-9-11(5-8-13(14)25-17(19)20)16(23)26-22-15(21)10-3-6-12(18)7-4-10/h3-9,17H,2H2,1H3,(H2,21,22). The number of nitrogens with zero attached hydrogens (tertiary/aromatic N) is 1. The van der Waals surface area contributed by atoms with E-state index >= 15 is 0 Å². The molecule has 0 heterocycles. The largest absolute Gasteiger partial charge is 0.490 e. The summed E-state index contributed by atoms with van der Waals surface area (Å²) in [7, 11) is 0. The van der Waals surface area contributed by atoms with Crippen molar-refractivity contribution in [2.24, 2.45) is 10.9 Å². The predicted octanol–water partition coefficient (Wildman–Crippen LogP) is 3.30. The summed E-state index contributed by atoms with van der Waals surface area (Å²) in [6.07, 6.45) is 0. The molecule has 2 N–H and O–H groups in total. The van der Waals surface area contributed by atoms with E-state index in [1.54, 1.807) is 6.92 Å². The molecule has 2 aromatic carbocycles. The number of hydrogen-bond acceptors (Lipinski definition) is 5. The van der Waals surface area contributed by atoms with Crippen LogP contribution in [0, 0.1) is 5.82 Å². The zero-order valence-corrected chi connectivity index (χ0v) is 13.6. The van der Waals surface area contributed by atoms with Crippen molar-refractivity contribution in [3.8, 4) is 11.5 Å². The summed E-state index contributed by atoms with van der Waals surface area (Å²) in [5, 5.41) is 3.48. The van der Waals surface area contributed by atoms with Crippen molar-refractivity contribution in [1.29, 1.82) is 0 Å². The molecule has 0 bridgehead atoms. The first-order valence-corrected chi connectivity index (χ1v) is 7.43. The minimum atomic E-state index is -3.04. The fraction of sp³-hybridized carbons (Fsp3) is 0.176. The molecule has 6 nitrogen and oxygen atoms in total. The Balaban J connectivity index is 2.14. The zero-order chi connectivity index (χ0) is 19.1. The highest BCUT2D eigenvalue weighted by atomic mass is 19.3. The maximum absolute atomic E-state index is 12.9. The number of nitrogens with two attached hydrogens (primary N) is 1. The van der Waals surface area contributed by atoms with E-state index in [2.05, 4.69) is 9.89 Å². The Kier molecular flexibility index (Phi) is 6.42. The normalized spacial score (nSPS) is 11.3. The average molecular weight is 368 g/mol. The van der Waals surface area contributed by atoms with E-state index in [1.807, 2.05) is 0 Å². The van der Waals surface area contributed by atoms with Crippen LogP contribution < -0.4 is 15.2 Å². The maximum Gasteiger partial charge on any atom is 0.387 e. The van der Waals surface area contributed by atoms with Crippen molar-refractivity contribution in [1.82, 2.24) is 0 Å². The number of oxime groups is 1. The molecule has 0 saturated heterocycles. The van der Waals surface area contributed by atoms with Crippen molar-refractivity contribution in [3.63, 3.8) is 0 Å². The van der Waals surface area contributed by atoms with Gasteiger partial charge in [0, 0.05) is 5.56 Å². The second kappa shape index (κ2) is 8.75. The van der Waals surface area contributed by atoms with Gasteiger partial charge in [0.25, 0.3) is 0 Å². The highest BCUT2D eigenvalue weighted by molar-refractivity contribution is 5.98. The molecule has 26 heavy (non-hydrogen) atoms. The molecule has 0 aromatic heterocycles. The van der Waals surface area contributed by atoms with Crippen LogP contribution in [0.15, 0.2) is 47.6 Å². The van der Waals surface area contributed by atoms with Crippen molar-refractivity contribution in [2.45, 2.75) is 13.5 Å². The molecular formula is C17H15F3N2O4. The van der Waals surface area contributed by atoms with E-state index in [9.17, 15) is 18.0 Å². The molecule has 0 aliphatic heterocycles. The third-order valence-electron chi connectivity index (χ3n) is 3.06. The molecule has 2 aromatic rings. The number of benzene rings is 2. The van der Waals surface area contributed by atoms with Crippen molar-refractivity contribution >= 4 is 11.8 Å². The molecule has 138 valence electrons. The van der Waals surface area contributed by atoms with Crippen molar-refractivity contribution < 1.29 is 32.3 Å². The minimum absolute atomic E-state index is 0.00859. The number of alkyl halides is 2. The van der Waals surface area contributed by atoms with E-state index in [1.165, 1.54) is 36.4 Å². The minimum Gasteiger partial charge on any atom is -0.490 e. The molecule has 0 unspecified atom stereocenters. The van der Waals surface area contributed by atoms with Gasteiger partial charge in [-0.1, -0.05) is 5.16 Å². The molecule has 0 aliphatic rings. The number of rotatable bonds is 7. The molecule has 2 rings (SSSR count). The molecule has 0 atom stereocenters. The summed E-state index contributed by atoms with van der Waals surface area (Å²) in [6.45, 7) is -1.22. The SMILES string of the molecule is CCOc1cc(C(=O)O/N=C(\N)c2ccc(F)cc2)ccc1OC(F)F. The fourth-order valence-electron chi connectivity index (χ4n) is 1.91. The smallest absolute Gasteiger partial charge is 0.387 e. The Bertz CT molecular complexity index is 795. The van der Waals surface area contributed by atoms with Gasteiger partial charge < -0.3 is 20.0 Å². The van der Waals surface area contributed by atoms with Gasteiger partial charge in [-0.05, 0) is 49.4 Å². The Hall–Kier alpha value is -3.23. The van der Waals surface area contributed by atoms with Gasteiger partial charge >= 0.3 is 12.6 Å². The van der Waals surface area contributed by atoms with Gasteiger partial charge in [0.05, 0.1) is 12.2 Å². The summed E-state index contributed by atoms with van der Waals surface area (Å²) in [6, 6.07) is 8.64. The summed E-state index contributed by atoms with van der Waals surface area (Å²) in [4.78, 5) is 16.7. The molecule has 0 spiro atoms. The summed E-state index contributed by atoms with van der Waals surface area (Å²) < 4.78 is 47.1. The van der Waals surface area contributed by atoms with E-state index in [-0.39, 0.29) is 29.5 Å². The van der Waals surface area contributed by atoms with Gasteiger partial charge in [-0.3, -0.25) is 0 Å². The van der Waals surface area contributed by atoms with Crippen molar-refractivity contribution in [3.05, 3.63) is 59.4 Å². The van der Waals surface area contributed by atoms with Gasteiger partial charge in [-0.15, -0.1) is 0 Å². The van der Waals surface area contributed by atoms with E-state index in [0.717, 1.165) is 6.07 Å². The second-order valence-corrected chi connectivity index (χ2v) is 4.84. The number of amidine groups is 1. The average Bonchev–Trinajstić information content (AvgIpc) is 2.61. The third kappa shape index (κ3) is 5.13. The lowest BCUT2D eigenvalue weighted by Crippen LogP contribution is -2.15. The number of halogens is 3. The number of carbonyl (C=O) groups excluding carboxylic acids is 1. The summed E-state index contributed by atoms with van der Waals surface area (Å²) in [5.74, 6) is -1.74. The lowest BCUT2D eigenvalue weighted by Gasteiger charge is -2.11. The van der Waals surface area contributed by atoms with Crippen LogP contribution in [0.4, 0.5) is 13.2 Å². The monoisotopic (exact) mass is 368 g/mol. The molecule has 0 radical (unpaired) electrons. The first kappa shape index (κ1) is 19.1. The van der Waals surface area contributed by atoms with E-state index < -0.39 is 18.4 Å². The van der Waals surface area contributed by atoms with Crippen LogP contribution in [0.3, 0.4) is 0 Å². The molecule has 9 heteroatoms. The van der Waals surface area contributed by atoms with Gasteiger partial charge in [-0.25, -0.2) is 9.18 Å². The quantitative estimate of drug-likeness (QED) is 0.351. The number of hydrogen-bond donors (Lipinski definition) is 1. The Morgan fingerprint density at radius 1 is 1.12 bits per heavy atom. The Morgan fingerprint density at radius 2 is 1.77 bits per heavy atom. The first-order valence-electron chi connectivity index (χ1n) is 7.43. The summed E-state index contributed by atoms with van der Waals surface area (Å²) >= 11 is 0. The van der Waals surface area contributed by atoms with Crippen LogP contribution in [0.25, 0.3) is 0 Å². The summed E-state index contributed by atoms with van der Waals surface area (Å²) in [5.41, 5.74) is 6.00. The van der Waals surface area contributed by atoms with Gasteiger partial charge in [0.1, 0.15) is 5.82 Å².